The first-order chi connectivity index (χ1) is 49.0. The van der Waals surface area contributed by atoms with E-state index < -0.39 is 6.85 Å². The van der Waals surface area contributed by atoms with Crippen molar-refractivity contribution in [2.45, 2.75) is 119 Å². The van der Waals surface area contributed by atoms with Crippen LogP contribution in [0.1, 0.15) is 172 Å². The number of hydrogen-bond acceptors (Lipinski definition) is 1. The third-order valence-electron chi connectivity index (χ3n) is 21.9. The quantitative estimate of drug-likeness (QED) is 0.0562. The summed E-state index contributed by atoms with van der Waals surface area (Å²) in [6.07, 6.45) is 8.93. The lowest BCUT2D eigenvalue weighted by Gasteiger charge is -2.32. The van der Waals surface area contributed by atoms with E-state index in [-0.39, 0.29) is 5.41 Å². The molecule has 0 saturated heterocycles. The van der Waals surface area contributed by atoms with E-state index in [0.29, 0.717) is 0 Å². The molecule has 0 radical (unpaired) electrons. The maximum absolute atomic E-state index is 5.21. The zero-order chi connectivity index (χ0) is 68.3. The summed E-state index contributed by atoms with van der Waals surface area (Å²) in [6, 6.07) is 75.0. The lowest BCUT2D eigenvalue weighted by atomic mass is 9.62. The summed E-state index contributed by atoms with van der Waals surface area (Å²) in [7, 11) is 0. The molecule has 0 spiro atoms. The highest BCUT2D eigenvalue weighted by Gasteiger charge is 2.42. The normalized spacial score (nSPS) is 13.4. The zero-order valence-electron chi connectivity index (χ0n) is 58.8. The molecule has 1 aromatic heterocycles. The van der Waals surface area contributed by atoms with E-state index >= 15 is 0 Å². The van der Waals surface area contributed by atoms with Gasteiger partial charge in [0, 0.05) is 67.0 Å². The predicted molar refractivity (Wildman–Crippen MR) is 427 cm³/mol. The van der Waals surface area contributed by atoms with Gasteiger partial charge in [-0.05, 0) is 265 Å². The molecule has 2 heterocycles. The summed E-state index contributed by atoms with van der Waals surface area (Å²) >= 11 is 0. The molecule has 478 valence electrons. The van der Waals surface area contributed by atoms with Gasteiger partial charge >= 0.3 is 6.85 Å². The SMILES string of the molecule is CCCCC1(CCCC)c2ccccc2-c2ccc(C#Cc3ccc4ccc5c(C#Cc6ccc(C#CB(C#Cc7ccc(C#Cc8ccc9c%10cccc%11cccc(c%12cccc8c%129)c%11%10)cc7)n7c(C)c(CC)c(C)c7/C(C)=C7\N=C(C)C(CC)=C7C)cc6)ccc6ccc3c4c65)cc21. The summed E-state index contributed by atoms with van der Waals surface area (Å²) in [5.41, 5.74) is 24.2. The summed E-state index contributed by atoms with van der Waals surface area (Å²) in [6.45, 7) is 19.7. The Balaban J connectivity index is 0.708. The second-order valence-electron chi connectivity index (χ2n) is 27.6. The van der Waals surface area contributed by atoms with Crippen molar-refractivity contribution in [3.05, 3.63) is 301 Å². The molecule has 2 aliphatic rings. The van der Waals surface area contributed by atoms with Crippen LogP contribution in [0.2, 0.25) is 0 Å². The number of unbranched alkanes of at least 4 members (excludes halogenated alkanes) is 2. The minimum atomic E-state index is -0.482. The first kappa shape index (κ1) is 63.2. The Kier molecular flexibility index (Phi) is 16.5. The maximum atomic E-state index is 5.21. The van der Waals surface area contributed by atoms with Crippen LogP contribution in [-0.4, -0.2) is 17.0 Å². The Morgan fingerprint density at radius 2 is 0.880 bits per heavy atom. The standard InChI is InChI=1S/C97H77BN2/c1-10-14-57-97(58-15-11-2)89-28-17-16-23-83(89)84-51-40-71(61-90(84)97)39-43-73-45-47-77-49-52-81-72(44-46-76-50-53-82(73)93(77)92(76)81)41-37-67-29-33-69(34-30-67)55-59-98(100-66(9)79(13-4)63(6)96(100)64(7)95-62(5)78(12-3)65(8)99-95)60-56-70-35-31-68(32-36-70)38-42-74-48-54-88-86-26-19-22-75-21-18-25-85(91(75)86)87-27-20-24-80(74)94(87)88/h16-36,40,44-54,61H,10-15,57-58H2,1-9H3/b95-64-. The van der Waals surface area contributed by atoms with Crippen LogP contribution in [0, 0.1) is 72.9 Å². The molecule has 0 unspecified atom stereocenters. The molecule has 0 N–H and O–H groups in total. The van der Waals surface area contributed by atoms with Crippen LogP contribution in [0.15, 0.2) is 228 Å². The first-order valence-electron chi connectivity index (χ1n) is 36.0. The fraction of sp³-hybridized carbons (Fsp3) is 0.186. The highest BCUT2D eigenvalue weighted by Crippen LogP contribution is 2.54. The van der Waals surface area contributed by atoms with Crippen LogP contribution in [-0.2, 0) is 11.8 Å². The molecule has 0 atom stereocenters. The predicted octanol–water partition coefficient (Wildman–Crippen LogP) is 23.4. The molecule has 1 aliphatic heterocycles. The average Bonchev–Trinajstić information content (AvgIpc) is 0.792. The highest BCUT2D eigenvalue weighted by molar-refractivity contribution is 6.74. The van der Waals surface area contributed by atoms with E-state index in [4.69, 9.17) is 4.99 Å². The Morgan fingerprint density at radius 3 is 1.44 bits per heavy atom. The van der Waals surface area contributed by atoms with E-state index in [1.807, 2.05) is 0 Å². The van der Waals surface area contributed by atoms with Crippen LogP contribution < -0.4 is 0 Å². The van der Waals surface area contributed by atoms with Gasteiger partial charge in [0.25, 0.3) is 0 Å². The molecule has 0 saturated carbocycles. The smallest absolute Gasteiger partial charge is 0.366 e. The summed E-state index contributed by atoms with van der Waals surface area (Å²) in [5.74, 6) is 36.2. The lowest BCUT2D eigenvalue weighted by molar-refractivity contribution is 0.414. The summed E-state index contributed by atoms with van der Waals surface area (Å²) in [5, 5.41) is 17.3. The van der Waals surface area contributed by atoms with E-state index in [9.17, 15) is 0 Å². The molecule has 0 amide bonds. The Bertz CT molecular complexity index is 6100. The van der Waals surface area contributed by atoms with Crippen molar-refractivity contribution < 1.29 is 0 Å². The second kappa shape index (κ2) is 26.1. The van der Waals surface area contributed by atoms with Crippen LogP contribution in [0.4, 0.5) is 0 Å². The van der Waals surface area contributed by atoms with Gasteiger partial charge in [0.2, 0.25) is 0 Å². The highest BCUT2D eigenvalue weighted by atomic mass is 14.9. The molecule has 14 aromatic rings. The minimum absolute atomic E-state index is 0.0242. The molecule has 2 nitrogen and oxygen atoms in total. The van der Waals surface area contributed by atoms with E-state index in [1.54, 1.807) is 0 Å². The summed E-state index contributed by atoms with van der Waals surface area (Å²) in [4.78, 5) is 5.21. The zero-order valence-corrected chi connectivity index (χ0v) is 58.8. The average molecular weight is 1280 g/mol. The van der Waals surface area contributed by atoms with Crippen molar-refractivity contribution in [2.75, 3.05) is 0 Å². The number of benzene rings is 13. The number of aliphatic imine (C=N–C) groups is 1. The fourth-order valence-corrected chi connectivity index (χ4v) is 17.0. The van der Waals surface area contributed by atoms with Crippen LogP contribution in [0.5, 0.6) is 0 Å². The van der Waals surface area contributed by atoms with Gasteiger partial charge < -0.3 is 4.48 Å². The topological polar surface area (TPSA) is 17.3 Å². The largest absolute Gasteiger partial charge is 0.434 e. The molecule has 3 heteroatoms. The molecule has 0 fully saturated rings. The minimum Gasteiger partial charge on any atom is -0.366 e. The van der Waals surface area contributed by atoms with Crippen molar-refractivity contribution in [1.82, 2.24) is 4.48 Å². The van der Waals surface area contributed by atoms with Crippen molar-refractivity contribution in [1.29, 1.82) is 0 Å². The molecule has 1 aliphatic carbocycles. The number of hydrogen-bond donors (Lipinski definition) is 0. The Morgan fingerprint density at radius 1 is 0.420 bits per heavy atom. The Labute approximate surface area is 589 Å². The second-order valence-corrected chi connectivity index (χ2v) is 27.6. The number of fused-ring (bicyclic) bond motifs is 5. The molecule has 0 bridgehead atoms. The molecule has 16 rings (SSSR count). The van der Waals surface area contributed by atoms with Gasteiger partial charge in [0.05, 0.1) is 5.70 Å². The van der Waals surface area contributed by atoms with Crippen LogP contribution in [0.3, 0.4) is 0 Å². The molecular formula is C97H77BN2. The fourth-order valence-electron chi connectivity index (χ4n) is 17.0. The van der Waals surface area contributed by atoms with Gasteiger partial charge in [0.1, 0.15) is 0 Å². The van der Waals surface area contributed by atoms with E-state index in [2.05, 4.69) is 332 Å². The molecule has 100 heavy (non-hydrogen) atoms. The first-order valence-corrected chi connectivity index (χ1v) is 36.0. The number of allylic oxidation sites excluding steroid dienone is 3. The third-order valence-corrected chi connectivity index (χ3v) is 21.9. The third kappa shape index (κ3) is 10.8. The number of aromatic nitrogens is 1. The summed E-state index contributed by atoms with van der Waals surface area (Å²) < 4.78 is 2.38. The van der Waals surface area contributed by atoms with E-state index in [1.165, 1.54) is 146 Å². The monoisotopic (exact) mass is 1280 g/mol. The van der Waals surface area contributed by atoms with Crippen LogP contribution >= 0.6 is 0 Å². The lowest BCUT2D eigenvalue weighted by Crippen LogP contribution is -2.25. The van der Waals surface area contributed by atoms with Crippen molar-refractivity contribution >= 4 is 93.5 Å². The van der Waals surface area contributed by atoms with Gasteiger partial charge in [-0.25, -0.2) is 0 Å². The van der Waals surface area contributed by atoms with Gasteiger partial charge in [-0.15, -0.1) is 11.6 Å². The van der Waals surface area contributed by atoms with Crippen molar-refractivity contribution in [2.24, 2.45) is 4.99 Å². The van der Waals surface area contributed by atoms with Gasteiger partial charge in [0.15, 0.2) is 0 Å². The Hall–Kier alpha value is -11.5. The van der Waals surface area contributed by atoms with Gasteiger partial charge in [-0.1, -0.05) is 228 Å². The van der Waals surface area contributed by atoms with Gasteiger partial charge in [-0.3, -0.25) is 4.99 Å². The number of rotatable bonds is 10. The molecule has 13 aromatic carbocycles. The van der Waals surface area contributed by atoms with Crippen LogP contribution in [0.25, 0.3) is 92.1 Å². The van der Waals surface area contributed by atoms with Crippen molar-refractivity contribution in [3.63, 3.8) is 0 Å². The molecular weight excluding hydrogens is 1200 g/mol. The van der Waals surface area contributed by atoms with Crippen molar-refractivity contribution in [3.8, 4) is 70.1 Å². The van der Waals surface area contributed by atoms with E-state index in [0.717, 1.165) is 98.3 Å². The maximum Gasteiger partial charge on any atom is 0.434 e. The number of nitrogens with zero attached hydrogens (tertiary/aromatic N) is 2. The van der Waals surface area contributed by atoms with Gasteiger partial charge in [-0.2, -0.15) is 0 Å².